The van der Waals surface area contributed by atoms with Crippen molar-refractivity contribution in [1.82, 2.24) is 4.90 Å². The number of piperidine rings is 1. The van der Waals surface area contributed by atoms with Crippen LogP contribution in [0.15, 0.2) is 18.2 Å². The number of halogens is 2. The number of amides is 1. The molecule has 0 aromatic heterocycles. The van der Waals surface area contributed by atoms with Gasteiger partial charge in [-0.05, 0) is 44.9 Å². The summed E-state index contributed by atoms with van der Waals surface area (Å²) in [6.45, 7) is 4.24. The second-order valence-electron chi connectivity index (χ2n) is 7.79. The van der Waals surface area contributed by atoms with E-state index in [0.717, 1.165) is 19.1 Å². The van der Waals surface area contributed by atoms with Crippen molar-refractivity contribution in [2.24, 2.45) is 0 Å². The Morgan fingerprint density at radius 1 is 1.07 bits per heavy atom. The highest BCUT2D eigenvalue weighted by Crippen LogP contribution is 2.41. The number of hydrogen-bond donors (Lipinski definition) is 0. The predicted octanol–water partition coefficient (Wildman–Crippen LogP) is 3.62. The Morgan fingerprint density at radius 2 is 1.66 bits per heavy atom. The van der Waals surface area contributed by atoms with E-state index < -0.39 is 42.0 Å². The van der Waals surface area contributed by atoms with Crippen molar-refractivity contribution in [1.29, 1.82) is 0 Å². The zero-order valence-electron chi connectivity index (χ0n) is 17.1. The van der Waals surface area contributed by atoms with Crippen LogP contribution in [0.25, 0.3) is 0 Å². The third-order valence-corrected chi connectivity index (χ3v) is 4.51. The molecule has 0 saturated carbocycles. The molecule has 1 aliphatic rings. The second-order valence-corrected chi connectivity index (χ2v) is 7.79. The van der Waals surface area contributed by atoms with Crippen molar-refractivity contribution in [2.75, 3.05) is 27.3 Å². The van der Waals surface area contributed by atoms with Crippen LogP contribution >= 0.6 is 0 Å². The molecule has 1 amide bonds. The first-order chi connectivity index (χ1) is 13.4. The second kappa shape index (κ2) is 8.34. The normalized spacial score (nSPS) is 18.7. The summed E-state index contributed by atoms with van der Waals surface area (Å²) < 4.78 is 44.2. The number of alkyl halides is 2. The van der Waals surface area contributed by atoms with Crippen LogP contribution in [-0.2, 0) is 14.2 Å². The van der Waals surface area contributed by atoms with Gasteiger partial charge in [0.1, 0.15) is 5.60 Å². The molecule has 0 bridgehead atoms. The number of esters is 2. The first kappa shape index (κ1) is 22.6. The number of carbonyl (C=O) groups is 3. The molecule has 1 aliphatic heterocycles. The number of likely N-dealkylation sites (tertiary alicyclic amines) is 1. The van der Waals surface area contributed by atoms with Crippen LogP contribution in [-0.4, -0.2) is 61.8 Å². The summed E-state index contributed by atoms with van der Waals surface area (Å²) in [4.78, 5) is 37.0. The Kier molecular flexibility index (Phi) is 6.50. The van der Waals surface area contributed by atoms with E-state index >= 15 is 0 Å². The highest BCUT2D eigenvalue weighted by Gasteiger charge is 2.47. The Hall–Kier alpha value is -2.71. The Balaban J connectivity index is 2.30. The summed E-state index contributed by atoms with van der Waals surface area (Å²) in [5.74, 6) is -6.10. The van der Waals surface area contributed by atoms with Crippen molar-refractivity contribution in [3.05, 3.63) is 34.9 Å². The molecule has 1 atom stereocenters. The standard InChI is InChI=1S/C20H25F2NO6/c1-19(2,3)29-18(26)23-9-8-15(20(21,22)11-23)12-6-7-13(16(24)27-4)14(10-12)17(25)28-5/h6-7,10,15H,8-9,11H2,1-5H3. The van der Waals surface area contributed by atoms with Gasteiger partial charge in [-0.1, -0.05) is 6.07 Å². The number of rotatable bonds is 3. The largest absolute Gasteiger partial charge is 0.465 e. The van der Waals surface area contributed by atoms with Gasteiger partial charge in [0.2, 0.25) is 0 Å². The van der Waals surface area contributed by atoms with Gasteiger partial charge >= 0.3 is 18.0 Å². The summed E-state index contributed by atoms with van der Waals surface area (Å²) in [6, 6.07) is 3.85. The lowest BCUT2D eigenvalue weighted by Crippen LogP contribution is -2.51. The molecule has 1 unspecified atom stereocenters. The molecule has 1 fully saturated rings. The van der Waals surface area contributed by atoms with Crippen LogP contribution in [0.4, 0.5) is 13.6 Å². The van der Waals surface area contributed by atoms with E-state index in [1.807, 2.05) is 0 Å². The zero-order valence-corrected chi connectivity index (χ0v) is 17.1. The van der Waals surface area contributed by atoms with Gasteiger partial charge in [0.15, 0.2) is 0 Å². The number of hydrogen-bond acceptors (Lipinski definition) is 6. The molecule has 1 heterocycles. The monoisotopic (exact) mass is 413 g/mol. The van der Waals surface area contributed by atoms with Crippen molar-refractivity contribution >= 4 is 18.0 Å². The predicted molar refractivity (Wildman–Crippen MR) is 99.2 cm³/mol. The summed E-state index contributed by atoms with van der Waals surface area (Å²) >= 11 is 0. The molecular formula is C20H25F2NO6. The van der Waals surface area contributed by atoms with Crippen molar-refractivity contribution in [3.63, 3.8) is 0 Å². The van der Waals surface area contributed by atoms with Gasteiger partial charge in [-0.3, -0.25) is 0 Å². The van der Waals surface area contributed by atoms with Gasteiger partial charge in [0.25, 0.3) is 5.92 Å². The maximum Gasteiger partial charge on any atom is 0.410 e. The molecule has 0 spiro atoms. The van der Waals surface area contributed by atoms with Crippen LogP contribution in [0, 0.1) is 0 Å². The first-order valence-corrected chi connectivity index (χ1v) is 9.06. The third-order valence-electron chi connectivity index (χ3n) is 4.51. The fourth-order valence-corrected chi connectivity index (χ4v) is 3.18. The van der Waals surface area contributed by atoms with Crippen LogP contribution in [0.3, 0.4) is 0 Å². The van der Waals surface area contributed by atoms with Crippen LogP contribution in [0.5, 0.6) is 0 Å². The van der Waals surface area contributed by atoms with E-state index in [0.29, 0.717) is 0 Å². The first-order valence-electron chi connectivity index (χ1n) is 9.06. The lowest BCUT2D eigenvalue weighted by atomic mass is 9.85. The number of carbonyl (C=O) groups excluding carboxylic acids is 3. The summed E-state index contributed by atoms with van der Waals surface area (Å²) in [7, 11) is 2.28. The van der Waals surface area contributed by atoms with Crippen LogP contribution < -0.4 is 0 Å². The Labute approximate surface area is 167 Å². The number of nitrogens with zero attached hydrogens (tertiary/aromatic N) is 1. The van der Waals surface area contributed by atoms with Crippen LogP contribution in [0.2, 0.25) is 0 Å². The summed E-state index contributed by atoms with van der Waals surface area (Å²) in [6.07, 6.45) is -0.836. The average molecular weight is 413 g/mol. The van der Waals surface area contributed by atoms with Gasteiger partial charge in [-0.25, -0.2) is 23.2 Å². The van der Waals surface area contributed by atoms with Gasteiger partial charge in [-0.2, -0.15) is 0 Å². The number of benzene rings is 1. The van der Waals surface area contributed by atoms with Crippen molar-refractivity contribution in [2.45, 2.75) is 44.6 Å². The quantitative estimate of drug-likeness (QED) is 0.556. The molecule has 0 radical (unpaired) electrons. The van der Waals surface area contributed by atoms with E-state index in [1.54, 1.807) is 20.8 Å². The molecule has 0 aliphatic carbocycles. The molecule has 1 aromatic rings. The number of ether oxygens (including phenoxy) is 3. The Morgan fingerprint density at radius 3 is 2.17 bits per heavy atom. The molecule has 1 aromatic carbocycles. The fourth-order valence-electron chi connectivity index (χ4n) is 3.18. The van der Waals surface area contributed by atoms with Crippen molar-refractivity contribution in [3.8, 4) is 0 Å². The van der Waals surface area contributed by atoms with Crippen molar-refractivity contribution < 1.29 is 37.4 Å². The lowest BCUT2D eigenvalue weighted by Gasteiger charge is -2.39. The van der Waals surface area contributed by atoms with Gasteiger partial charge in [-0.15, -0.1) is 0 Å². The van der Waals surface area contributed by atoms with Gasteiger partial charge in [0.05, 0.1) is 37.8 Å². The number of methoxy groups -OCH3 is 2. The SMILES string of the molecule is COC(=O)c1ccc(C2CCN(C(=O)OC(C)(C)C)CC2(F)F)cc1C(=O)OC. The minimum atomic E-state index is -3.25. The molecule has 1 saturated heterocycles. The molecule has 2 rings (SSSR count). The minimum absolute atomic E-state index is 0.0373. The summed E-state index contributed by atoms with van der Waals surface area (Å²) in [5.41, 5.74) is -0.839. The van der Waals surface area contributed by atoms with Gasteiger partial charge in [0, 0.05) is 6.54 Å². The zero-order chi connectivity index (χ0) is 22.0. The molecule has 29 heavy (non-hydrogen) atoms. The van der Waals surface area contributed by atoms with E-state index in [4.69, 9.17) is 4.74 Å². The highest BCUT2D eigenvalue weighted by atomic mass is 19.3. The van der Waals surface area contributed by atoms with Gasteiger partial charge < -0.3 is 19.1 Å². The Bertz CT molecular complexity index is 803. The third kappa shape index (κ3) is 5.21. The topological polar surface area (TPSA) is 82.1 Å². The van der Waals surface area contributed by atoms with E-state index in [2.05, 4.69) is 9.47 Å². The highest BCUT2D eigenvalue weighted by molar-refractivity contribution is 6.03. The molecule has 9 heteroatoms. The lowest BCUT2D eigenvalue weighted by molar-refractivity contribution is -0.0849. The summed E-state index contributed by atoms with van der Waals surface area (Å²) in [5, 5.41) is 0. The maximum atomic E-state index is 14.9. The molecule has 0 N–H and O–H groups in total. The average Bonchev–Trinajstić information content (AvgIpc) is 2.64. The fraction of sp³-hybridized carbons (Fsp3) is 0.550. The minimum Gasteiger partial charge on any atom is -0.465 e. The van der Waals surface area contributed by atoms with E-state index in [-0.39, 0.29) is 29.7 Å². The van der Waals surface area contributed by atoms with Crippen LogP contribution in [0.1, 0.15) is 59.4 Å². The molecule has 7 nitrogen and oxygen atoms in total. The van der Waals surface area contributed by atoms with E-state index in [1.165, 1.54) is 18.2 Å². The maximum absolute atomic E-state index is 14.9. The van der Waals surface area contributed by atoms with E-state index in [9.17, 15) is 23.2 Å². The molecular weight excluding hydrogens is 388 g/mol. The molecule has 160 valence electrons. The smallest absolute Gasteiger partial charge is 0.410 e.